The Morgan fingerprint density at radius 2 is 1.90 bits per heavy atom. The number of aliphatic hydroxyl groups is 1. The third-order valence-corrected chi connectivity index (χ3v) is 5.85. The summed E-state index contributed by atoms with van der Waals surface area (Å²) in [5.41, 5.74) is 1.02. The highest BCUT2D eigenvalue weighted by Gasteiger charge is 2.29. The average Bonchev–Trinajstić information content (AvgIpc) is 3.09. The van der Waals surface area contributed by atoms with E-state index in [-0.39, 0.29) is 12.1 Å². The van der Waals surface area contributed by atoms with Gasteiger partial charge >= 0.3 is 0 Å². The molecule has 2 N–H and O–H groups in total. The predicted molar refractivity (Wildman–Crippen MR) is 81.8 cm³/mol. The lowest BCUT2D eigenvalue weighted by atomic mass is 10.0. The molecule has 5 nitrogen and oxygen atoms in total. The van der Waals surface area contributed by atoms with E-state index in [0.29, 0.717) is 10.8 Å². The molecule has 2 aliphatic rings. The number of benzene rings is 1. The molecule has 1 aliphatic carbocycles. The zero-order chi connectivity index (χ0) is 15.0. The van der Waals surface area contributed by atoms with E-state index >= 15 is 0 Å². The fraction of sp³-hybridized carbons (Fsp3) is 0.600. The van der Waals surface area contributed by atoms with Gasteiger partial charge in [0.25, 0.3) is 0 Å². The highest BCUT2D eigenvalue weighted by Crippen LogP contribution is 2.27. The van der Waals surface area contributed by atoms with Crippen molar-refractivity contribution in [3.8, 4) is 0 Å². The second-order valence-corrected chi connectivity index (χ2v) is 7.84. The number of aliphatic hydroxyl groups excluding tert-OH is 1. The number of rotatable bonds is 5. The molecule has 2 unspecified atom stereocenters. The Bertz CT molecular complexity index is 594. The van der Waals surface area contributed by atoms with Gasteiger partial charge in [-0.1, -0.05) is 0 Å². The van der Waals surface area contributed by atoms with Gasteiger partial charge < -0.3 is 10.0 Å². The molecule has 3 rings (SSSR count). The van der Waals surface area contributed by atoms with Gasteiger partial charge in [-0.25, -0.2) is 13.1 Å². The van der Waals surface area contributed by atoms with Crippen molar-refractivity contribution in [3.63, 3.8) is 0 Å². The summed E-state index contributed by atoms with van der Waals surface area (Å²) in [5, 5.41) is 9.64. The number of hydrogen-bond acceptors (Lipinski definition) is 4. The van der Waals surface area contributed by atoms with Gasteiger partial charge in [0.1, 0.15) is 0 Å². The van der Waals surface area contributed by atoms with Crippen molar-refractivity contribution in [3.05, 3.63) is 24.3 Å². The van der Waals surface area contributed by atoms with Crippen molar-refractivity contribution in [1.82, 2.24) is 4.72 Å². The minimum Gasteiger partial charge on any atom is -0.393 e. The Balaban J connectivity index is 1.69. The average molecular weight is 310 g/mol. The first-order chi connectivity index (χ1) is 9.95. The van der Waals surface area contributed by atoms with Gasteiger partial charge in [-0.3, -0.25) is 0 Å². The fourth-order valence-corrected chi connectivity index (χ4v) is 4.05. The van der Waals surface area contributed by atoms with Gasteiger partial charge in [-0.2, -0.15) is 0 Å². The molecule has 2 fully saturated rings. The van der Waals surface area contributed by atoms with Crippen molar-refractivity contribution >= 4 is 15.7 Å². The number of anilines is 1. The standard InChI is InChI=1S/C15H22N2O3S/c1-11(18)12-8-9-17(10-12)14-4-6-15(7-5-14)21(19,20)16-13-2-3-13/h4-7,11-13,16,18H,2-3,8-10H2,1H3. The summed E-state index contributed by atoms with van der Waals surface area (Å²) in [6.07, 6.45) is 2.55. The molecule has 1 aromatic carbocycles. The second kappa shape index (κ2) is 5.59. The minimum atomic E-state index is -3.37. The van der Waals surface area contributed by atoms with E-state index < -0.39 is 10.0 Å². The van der Waals surface area contributed by atoms with E-state index in [1.807, 2.05) is 19.1 Å². The predicted octanol–water partition coefficient (Wildman–Crippen LogP) is 1.33. The number of hydrogen-bond donors (Lipinski definition) is 2. The summed E-state index contributed by atoms with van der Waals surface area (Å²) in [6.45, 7) is 3.56. The van der Waals surface area contributed by atoms with E-state index in [1.54, 1.807) is 12.1 Å². The van der Waals surface area contributed by atoms with Crippen LogP contribution in [0, 0.1) is 5.92 Å². The Hall–Kier alpha value is -1.11. The van der Waals surface area contributed by atoms with Gasteiger partial charge in [0.15, 0.2) is 0 Å². The monoisotopic (exact) mass is 310 g/mol. The molecular formula is C15H22N2O3S. The van der Waals surface area contributed by atoms with Crippen LogP contribution in [0.15, 0.2) is 29.2 Å². The van der Waals surface area contributed by atoms with E-state index in [1.165, 1.54) is 0 Å². The first-order valence-corrected chi connectivity index (χ1v) is 8.99. The van der Waals surface area contributed by atoms with Crippen molar-refractivity contribution < 1.29 is 13.5 Å². The van der Waals surface area contributed by atoms with E-state index in [2.05, 4.69) is 9.62 Å². The molecule has 0 bridgehead atoms. The Kier molecular flexibility index (Phi) is 3.94. The van der Waals surface area contributed by atoms with E-state index in [0.717, 1.165) is 38.0 Å². The molecule has 0 aromatic heterocycles. The molecule has 0 amide bonds. The maximum Gasteiger partial charge on any atom is 0.240 e. The van der Waals surface area contributed by atoms with Crippen LogP contribution in [0.25, 0.3) is 0 Å². The van der Waals surface area contributed by atoms with Crippen LogP contribution in [0.1, 0.15) is 26.2 Å². The third kappa shape index (κ3) is 3.39. The minimum absolute atomic E-state index is 0.125. The molecule has 1 saturated heterocycles. The van der Waals surface area contributed by atoms with Crippen molar-refractivity contribution in [2.24, 2.45) is 5.92 Å². The third-order valence-electron chi connectivity index (χ3n) is 4.32. The number of sulfonamides is 1. The molecule has 0 radical (unpaired) electrons. The largest absolute Gasteiger partial charge is 0.393 e. The molecule has 2 atom stereocenters. The topological polar surface area (TPSA) is 69.6 Å². The maximum absolute atomic E-state index is 12.1. The molecule has 0 spiro atoms. The lowest BCUT2D eigenvalue weighted by Gasteiger charge is -2.20. The quantitative estimate of drug-likeness (QED) is 0.861. The van der Waals surface area contributed by atoms with Crippen LogP contribution in [0.2, 0.25) is 0 Å². The Morgan fingerprint density at radius 3 is 2.43 bits per heavy atom. The molecule has 1 aliphatic heterocycles. The van der Waals surface area contributed by atoms with Crippen molar-refractivity contribution in [2.45, 2.75) is 43.2 Å². The second-order valence-electron chi connectivity index (χ2n) is 6.12. The van der Waals surface area contributed by atoms with Crippen LogP contribution in [-0.2, 0) is 10.0 Å². The molecular weight excluding hydrogens is 288 g/mol. The zero-order valence-electron chi connectivity index (χ0n) is 12.2. The van der Waals surface area contributed by atoms with E-state index in [4.69, 9.17) is 0 Å². The molecule has 116 valence electrons. The van der Waals surface area contributed by atoms with Gasteiger partial charge in [0, 0.05) is 30.7 Å². The zero-order valence-corrected chi connectivity index (χ0v) is 13.0. The normalized spacial score (nSPS) is 24.3. The summed E-state index contributed by atoms with van der Waals surface area (Å²) < 4.78 is 26.9. The van der Waals surface area contributed by atoms with Gasteiger partial charge in [-0.05, 0) is 50.5 Å². The first kappa shape index (κ1) is 14.8. The summed E-state index contributed by atoms with van der Waals surface area (Å²) in [4.78, 5) is 2.52. The lowest BCUT2D eigenvalue weighted by Crippen LogP contribution is -2.26. The van der Waals surface area contributed by atoms with Crippen LogP contribution < -0.4 is 9.62 Å². The van der Waals surface area contributed by atoms with Crippen LogP contribution >= 0.6 is 0 Å². The van der Waals surface area contributed by atoms with Crippen LogP contribution in [0.5, 0.6) is 0 Å². The fourth-order valence-electron chi connectivity index (χ4n) is 2.74. The Morgan fingerprint density at radius 1 is 1.24 bits per heavy atom. The summed E-state index contributed by atoms with van der Waals surface area (Å²) in [7, 11) is -3.37. The highest BCUT2D eigenvalue weighted by molar-refractivity contribution is 7.89. The number of nitrogens with one attached hydrogen (secondary N) is 1. The SMILES string of the molecule is CC(O)C1CCN(c2ccc(S(=O)(=O)NC3CC3)cc2)C1. The molecule has 6 heteroatoms. The van der Waals surface area contributed by atoms with Crippen LogP contribution in [0.4, 0.5) is 5.69 Å². The molecule has 1 saturated carbocycles. The van der Waals surface area contributed by atoms with Crippen molar-refractivity contribution in [2.75, 3.05) is 18.0 Å². The summed E-state index contributed by atoms with van der Waals surface area (Å²) in [5.74, 6) is 0.296. The summed E-state index contributed by atoms with van der Waals surface area (Å²) in [6, 6.07) is 7.16. The maximum atomic E-state index is 12.1. The van der Waals surface area contributed by atoms with Crippen LogP contribution in [-0.4, -0.2) is 38.8 Å². The highest BCUT2D eigenvalue weighted by atomic mass is 32.2. The van der Waals surface area contributed by atoms with Gasteiger partial charge in [0.05, 0.1) is 11.0 Å². The van der Waals surface area contributed by atoms with Gasteiger partial charge in [-0.15, -0.1) is 0 Å². The molecule has 21 heavy (non-hydrogen) atoms. The van der Waals surface area contributed by atoms with Crippen LogP contribution in [0.3, 0.4) is 0 Å². The first-order valence-electron chi connectivity index (χ1n) is 7.51. The molecule has 1 aromatic rings. The lowest BCUT2D eigenvalue weighted by molar-refractivity contribution is 0.136. The Labute approximate surface area is 126 Å². The molecule has 1 heterocycles. The van der Waals surface area contributed by atoms with E-state index in [9.17, 15) is 13.5 Å². The summed E-state index contributed by atoms with van der Waals surface area (Å²) >= 11 is 0. The number of nitrogens with zero attached hydrogens (tertiary/aromatic N) is 1. The smallest absolute Gasteiger partial charge is 0.240 e. The van der Waals surface area contributed by atoms with Crippen molar-refractivity contribution in [1.29, 1.82) is 0 Å². The van der Waals surface area contributed by atoms with Gasteiger partial charge in [0.2, 0.25) is 10.0 Å².